The number of rotatable bonds is 6. The van der Waals surface area contributed by atoms with E-state index in [1.807, 2.05) is 0 Å². The number of nitro groups is 1. The molecule has 0 atom stereocenters. The highest BCUT2D eigenvalue weighted by Crippen LogP contribution is 2.36. The van der Waals surface area contributed by atoms with Gasteiger partial charge in [-0.1, -0.05) is 23.9 Å². The second kappa shape index (κ2) is 5.60. The predicted molar refractivity (Wildman–Crippen MR) is 74.2 cm³/mol. The van der Waals surface area contributed by atoms with Crippen molar-refractivity contribution in [3.05, 3.63) is 39.9 Å². The van der Waals surface area contributed by atoms with Crippen LogP contribution in [0.2, 0.25) is 0 Å². The number of Topliss-reactive ketones (excluding diaryl/α,β-unsaturated/α-hetero) is 1. The van der Waals surface area contributed by atoms with E-state index in [0.29, 0.717) is 16.8 Å². The maximum atomic E-state index is 12.1. The summed E-state index contributed by atoms with van der Waals surface area (Å²) in [4.78, 5) is 22.3. The molecule has 0 saturated heterocycles. The van der Waals surface area contributed by atoms with Gasteiger partial charge in [0.1, 0.15) is 0 Å². The first-order valence-electron chi connectivity index (χ1n) is 6.33. The van der Waals surface area contributed by atoms with Crippen LogP contribution < -0.4 is 0 Å². The Kier molecular flexibility index (Phi) is 3.65. The van der Waals surface area contributed by atoms with E-state index >= 15 is 0 Å². The molecular weight excluding hydrogens is 294 g/mol. The molecule has 0 unspecified atom stereocenters. The van der Waals surface area contributed by atoms with Crippen LogP contribution in [0, 0.1) is 10.1 Å². The second-order valence-electron chi connectivity index (χ2n) is 4.66. The molecule has 1 heterocycles. The Morgan fingerprint density at radius 1 is 1.48 bits per heavy atom. The van der Waals surface area contributed by atoms with Crippen LogP contribution in [0.1, 0.15) is 29.2 Å². The van der Waals surface area contributed by atoms with Crippen LogP contribution in [0.25, 0.3) is 0 Å². The molecule has 0 N–H and O–H groups in total. The Labute approximate surface area is 123 Å². The Hall–Kier alpha value is -2.29. The molecule has 1 fully saturated rings. The number of carbonyl (C=O) groups excluding carboxylic acids is 1. The minimum absolute atomic E-state index is 0.0892. The van der Waals surface area contributed by atoms with Gasteiger partial charge in [-0.3, -0.25) is 14.9 Å². The minimum atomic E-state index is -0.516. The van der Waals surface area contributed by atoms with Gasteiger partial charge in [-0.05, 0) is 23.3 Å². The molecule has 0 bridgehead atoms. The number of carbonyl (C=O) groups is 1. The zero-order valence-corrected chi connectivity index (χ0v) is 11.7. The predicted octanol–water partition coefficient (Wildman–Crippen LogP) is 1.89. The number of tetrazole rings is 1. The van der Waals surface area contributed by atoms with Gasteiger partial charge in [0.15, 0.2) is 5.78 Å². The molecule has 0 aliphatic heterocycles. The van der Waals surface area contributed by atoms with Crippen molar-refractivity contribution in [1.29, 1.82) is 0 Å². The molecule has 21 heavy (non-hydrogen) atoms. The van der Waals surface area contributed by atoms with Crippen molar-refractivity contribution >= 4 is 23.2 Å². The molecule has 3 rings (SSSR count). The van der Waals surface area contributed by atoms with Crippen molar-refractivity contribution in [2.24, 2.45) is 0 Å². The zero-order chi connectivity index (χ0) is 14.8. The number of hydrogen-bond donors (Lipinski definition) is 0. The molecule has 1 aliphatic carbocycles. The molecule has 1 saturated carbocycles. The van der Waals surface area contributed by atoms with E-state index < -0.39 is 4.92 Å². The first-order valence-corrected chi connectivity index (χ1v) is 7.32. The molecule has 108 valence electrons. The van der Waals surface area contributed by atoms with Crippen LogP contribution in [0.5, 0.6) is 0 Å². The summed E-state index contributed by atoms with van der Waals surface area (Å²) >= 11 is 1.25. The number of thioether (sulfide) groups is 1. The molecular formula is C12H11N5O3S. The highest BCUT2D eigenvalue weighted by molar-refractivity contribution is 7.99. The van der Waals surface area contributed by atoms with Gasteiger partial charge in [0.05, 0.1) is 16.7 Å². The van der Waals surface area contributed by atoms with E-state index in [0.717, 1.165) is 12.8 Å². The number of non-ortho nitro benzene ring substituents is 1. The molecule has 2 aromatic rings. The van der Waals surface area contributed by atoms with Crippen LogP contribution in [-0.4, -0.2) is 36.7 Å². The van der Waals surface area contributed by atoms with Crippen LogP contribution in [0.4, 0.5) is 5.69 Å². The van der Waals surface area contributed by atoms with Gasteiger partial charge < -0.3 is 0 Å². The highest BCUT2D eigenvalue weighted by atomic mass is 32.2. The van der Waals surface area contributed by atoms with Gasteiger partial charge >= 0.3 is 0 Å². The normalized spacial score (nSPS) is 14.1. The minimum Gasteiger partial charge on any atom is -0.293 e. The topological polar surface area (TPSA) is 104 Å². The SMILES string of the molecule is O=C(CSc1nnnn1C1CC1)c1cccc([N+](=O)[O-])c1. The summed E-state index contributed by atoms with van der Waals surface area (Å²) < 4.78 is 1.73. The van der Waals surface area contributed by atoms with Gasteiger partial charge in [0.25, 0.3) is 5.69 Å². The lowest BCUT2D eigenvalue weighted by atomic mass is 10.1. The molecule has 8 nitrogen and oxygen atoms in total. The maximum absolute atomic E-state index is 12.1. The van der Waals surface area contributed by atoms with Gasteiger partial charge in [0.2, 0.25) is 5.16 Å². The first-order chi connectivity index (χ1) is 10.1. The van der Waals surface area contributed by atoms with Crippen molar-refractivity contribution in [3.63, 3.8) is 0 Å². The highest BCUT2D eigenvalue weighted by Gasteiger charge is 2.28. The smallest absolute Gasteiger partial charge is 0.270 e. The molecule has 0 radical (unpaired) electrons. The van der Waals surface area contributed by atoms with E-state index in [1.165, 1.54) is 30.0 Å². The summed E-state index contributed by atoms with van der Waals surface area (Å²) in [5, 5.41) is 22.7. The average molecular weight is 305 g/mol. The lowest BCUT2D eigenvalue weighted by molar-refractivity contribution is -0.384. The summed E-state index contributed by atoms with van der Waals surface area (Å²) in [6, 6.07) is 6.06. The van der Waals surface area contributed by atoms with E-state index in [1.54, 1.807) is 10.7 Å². The third-order valence-corrected chi connectivity index (χ3v) is 4.00. The van der Waals surface area contributed by atoms with E-state index in [-0.39, 0.29) is 17.2 Å². The molecule has 0 amide bonds. The van der Waals surface area contributed by atoms with Crippen LogP contribution >= 0.6 is 11.8 Å². The van der Waals surface area contributed by atoms with Gasteiger partial charge in [-0.25, -0.2) is 4.68 Å². The molecule has 9 heteroatoms. The standard InChI is InChI=1S/C12H11N5O3S/c18-11(8-2-1-3-10(6-8)17(19)20)7-21-12-13-14-15-16(12)9-4-5-9/h1-3,6,9H,4-5,7H2. The number of nitrogens with zero attached hydrogens (tertiary/aromatic N) is 5. The van der Waals surface area contributed by atoms with Crippen LogP contribution in [-0.2, 0) is 0 Å². The molecule has 1 aromatic carbocycles. The van der Waals surface area contributed by atoms with Gasteiger partial charge in [0, 0.05) is 17.7 Å². The van der Waals surface area contributed by atoms with E-state index in [4.69, 9.17) is 0 Å². The summed E-state index contributed by atoms with van der Waals surface area (Å²) in [6.45, 7) is 0. The van der Waals surface area contributed by atoms with Crippen molar-refractivity contribution in [1.82, 2.24) is 20.2 Å². The number of hydrogen-bond acceptors (Lipinski definition) is 7. The lowest BCUT2D eigenvalue weighted by Gasteiger charge is -2.02. The number of aromatic nitrogens is 4. The van der Waals surface area contributed by atoms with Crippen molar-refractivity contribution in [2.75, 3.05) is 5.75 Å². The summed E-state index contributed by atoms with van der Waals surface area (Å²) in [5.74, 6) is -0.0390. The fourth-order valence-corrected chi connectivity index (χ4v) is 2.67. The third kappa shape index (κ3) is 3.07. The fourth-order valence-electron chi connectivity index (χ4n) is 1.84. The third-order valence-electron chi connectivity index (χ3n) is 3.07. The first kappa shape index (κ1) is 13.7. The largest absolute Gasteiger partial charge is 0.293 e. The number of ketones is 1. The van der Waals surface area contributed by atoms with Crippen LogP contribution in [0.15, 0.2) is 29.4 Å². The van der Waals surface area contributed by atoms with Crippen molar-refractivity contribution in [2.45, 2.75) is 24.0 Å². The average Bonchev–Trinajstić information content (AvgIpc) is 3.23. The number of benzene rings is 1. The summed E-state index contributed by atoms with van der Waals surface area (Å²) in [5.41, 5.74) is 0.232. The monoisotopic (exact) mass is 305 g/mol. The summed E-state index contributed by atoms with van der Waals surface area (Å²) in [6.07, 6.45) is 2.11. The molecule has 1 aliphatic rings. The Balaban J connectivity index is 1.67. The quantitative estimate of drug-likeness (QED) is 0.347. The van der Waals surface area contributed by atoms with Crippen molar-refractivity contribution < 1.29 is 9.72 Å². The van der Waals surface area contributed by atoms with E-state index in [9.17, 15) is 14.9 Å². The lowest BCUT2D eigenvalue weighted by Crippen LogP contribution is -2.05. The van der Waals surface area contributed by atoms with Crippen molar-refractivity contribution in [3.8, 4) is 0 Å². The molecule has 1 aromatic heterocycles. The number of nitro benzene ring substituents is 1. The zero-order valence-electron chi connectivity index (χ0n) is 10.9. The van der Waals surface area contributed by atoms with E-state index in [2.05, 4.69) is 15.5 Å². The Morgan fingerprint density at radius 2 is 2.29 bits per heavy atom. The molecule has 0 spiro atoms. The van der Waals surface area contributed by atoms with Gasteiger partial charge in [-0.15, -0.1) is 5.10 Å². The second-order valence-corrected chi connectivity index (χ2v) is 5.60. The van der Waals surface area contributed by atoms with Crippen LogP contribution in [0.3, 0.4) is 0 Å². The fraction of sp³-hybridized carbons (Fsp3) is 0.333. The Bertz CT molecular complexity index is 698. The Morgan fingerprint density at radius 3 is 3.00 bits per heavy atom. The summed E-state index contributed by atoms with van der Waals surface area (Å²) in [7, 11) is 0. The van der Waals surface area contributed by atoms with Gasteiger partial charge in [-0.2, -0.15) is 0 Å². The maximum Gasteiger partial charge on any atom is 0.270 e.